The predicted molar refractivity (Wildman–Crippen MR) is 81.3 cm³/mol. The van der Waals surface area contributed by atoms with E-state index < -0.39 is 12.1 Å². The van der Waals surface area contributed by atoms with Crippen LogP contribution in [0.2, 0.25) is 0 Å². The summed E-state index contributed by atoms with van der Waals surface area (Å²) in [4.78, 5) is 24.6. The monoisotopic (exact) mass is 306 g/mol. The average molecular weight is 306 g/mol. The lowest BCUT2D eigenvalue weighted by molar-refractivity contribution is -0.140. The highest BCUT2D eigenvalue weighted by atomic mass is 16.5. The van der Waals surface area contributed by atoms with Gasteiger partial charge in [0.1, 0.15) is 6.10 Å². The first kappa shape index (κ1) is 16.5. The van der Waals surface area contributed by atoms with Gasteiger partial charge >= 0.3 is 5.97 Å². The third-order valence-corrected chi connectivity index (χ3v) is 3.56. The number of rotatable bonds is 7. The third-order valence-electron chi connectivity index (χ3n) is 3.56. The van der Waals surface area contributed by atoms with Gasteiger partial charge in [-0.05, 0) is 12.0 Å². The molecule has 1 heterocycles. The summed E-state index contributed by atoms with van der Waals surface area (Å²) in [7, 11) is 0. The molecule has 6 nitrogen and oxygen atoms in total. The molecule has 0 aromatic heterocycles. The molecule has 2 rings (SSSR count). The molecule has 0 aliphatic carbocycles. The first-order valence-corrected chi connectivity index (χ1v) is 7.52. The van der Waals surface area contributed by atoms with Gasteiger partial charge in [-0.3, -0.25) is 14.5 Å². The van der Waals surface area contributed by atoms with E-state index in [4.69, 9.17) is 9.84 Å². The van der Waals surface area contributed by atoms with Gasteiger partial charge in [0.2, 0.25) is 5.91 Å². The summed E-state index contributed by atoms with van der Waals surface area (Å²) < 4.78 is 5.52. The summed E-state index contributed by atoms with van der Waals surface area (Å²) in [5, 5.41) is 11.3. The zero-order valence-electron chi connectivity index (χ0n) is 12.5. The number of carbonyl (C=O) groups is 2. The Kier molecular flexibility index (Phi) is 6.36. The van der Waals surface area contributed by atoms with Crippen LogP contribution in [0.1, 0.15) is 18.4 Å². The van der Waals surface area contributed by atoms with E-state index >= 15 is 0 Å². The Morgan fingerprint density at radius 2 is 2.09 bits per heavy atom. The number of carbonyl (C=O) groups excluding carboxylic acids is 1. The molecule has 1 atom stereocenters. The van der Waals surface area contributed by atoms with Crippen molar-refractivity contribution in [3.63, 3.8) is 0 Å². The number of morpholine rings is 1. The Morgan fingerprint density at radius 3 is 2.82 bits per heavy atom. The normalized spacial score (nSPS) is 18.8. The van der Waals surface area contributed by atoms with Gasteiger partial charge in [0.15, 0.2) is 0 Å². The standard InChI is InChI=1S/C16H22N2O4/c19-15(20)7-4-8-17-16(21)14-12-18(9-10-22-14)11-13-5-2-1-3-6-13/h1-3,5-6,14H,4,7-12H2,(H,17,21)(H,19,20). The number of benzene rings is 1. The highest BCUT2D eigenvalue weighted by Crippen LogP contribution is 2.10. The van der Waals surface area contributed by atoms with E-state index in [0.29, 0.717) is 26.1 Å². The molecule has 1 amide bonds. The molecule has 1 aliphatic heterocycles. The Bertz CT molecular complexity index is 492. The topological polar surface area (TPSA) is 78.9 Å². The molecule has 0 spiro atoms. The molecule has 0 radical (unpaired) electrons. The third kappa shape index (κ3) is 5.46. The zero-order chi connectivity index (χ0) is 15.8. The molecule has 22 heavy (non-hydrogen) atoms. The number of hydrogen-bond donors (Lipinski definition) is 2. The van der Waals surface area contributed by atoms with Crippen LogP contribution in [0.15, 0.2) is 30.3 Å². The fourth-order valence-corrected chi connectivity index (χ4v) is 2.41. The quantitative estimate of drug-likeness (QED) is 0.731. The summed E-state index contributed by atoms with van der Waals surface area (Å²) in [5.41, 5.74) is 1.21. The van der Waals surface area contributed by atoms with Crippen molar-refractivity contribution in [2.75, 3.05) is 26.2 Å². The highest BCUT2D eigenvalue weighted by molar-refractivity contribution is 5.81. The molecule has 1 aromatic rings. The Balaban J connectivity index is 1.75. The van der Waals surface area contributed by atoms with Gasteiger partial charge in [0.05, 0.1) is 6.61 Å². The second kappa shape index (κ2) is 8.51. The number of amides is 1. The minimum absolute atomic E-state index is 0.0614. The van der Waals surface area contributed by atoms with Crippen molar-refractivity contribution in [1.82, 2.24) is 10.2 Å². The van der Waals surface area contributed by atoms with Crippen LogP contribution in [0.25, 0.3) is 0 Å². The first-order valence-electron chi connectivity index (χ1n) is 7.52. The largest absolute Gasteiger partial charge is 0.481 e. The van der Waals surface area contributed by atoms with Gasteiger partial charge in [-0.25, -0.2) is 0 Å². The molecule has 1 aliphatic rings. The Hall–Kier alpha value is -1.92. The van der Waals surface area contributed by atoms with Gasteiger partial charge < -0.3 is 15.2 Å². The molecule has 0 saturated carbocycles. The maximum absolute atomic E-state index is 12.0. The van der Waals surface area contributed by atoms with Crippen LogP contribution in [0.5, 0.6) is 0 Å². The van der Waals surface area contributed by atoms with E-state index in [1.165, 1.54) is 5.56 Å². The van der Waals surface area contributed by atoms with Crippen LogP contribution in [-0.4, -0.2) is 54.2 Å². The van der Waals surface area contributed by atoms with Gasteiger partial charge in [-0.1, -0.05) is 30.3 Å². The van der Waals surface area contributed by atoms with Crippen LogP contribution >= 0.6 is 0 Å². The SMILES string of the molecule is O=C(O)CCCNC(=O)C1CN(Cc2ccccc2)CCO1. The van der Waals surface area contributed by atoms with E-state index in [2.05, 4.69) is 22.3 Å². The maximum Gasteiger partial charge on any atom is 0.303 e. The molecule has 120 valence electrons. The van der Waals surface area contributed by atoms with E-state index in [1.807, 2.05) is 18.2 Å². The number of nitrogens with one attached hydrogen (secondary N) is 1. The predicted octanol–water partition coefficient (Wildman–Crippen LogP) is 0.868. The van der Waals surface area contributed by atoms with Crippen molar-refractivity contribution >= 4 is 11.9 Å². The van der Waals surface area contributed by atoms with Crippen molar-refractivity contribution in [3.8, 4) is 0 Å². The molecule has 6 heteroatoms. The van der Waals surface area contributed by atoms with Crippen LogP contribution in [0, 0.1) is 0 Å². The van der Waals surface area contributed by atoms with Gasteiger partial charge in [0.25, 0.3) is 0 Å². The molecule has 1 saturated heterocycles. The lowest BCUT2D eigenvalue weighted by Crippen LogP contribution is -2.49. The summed E-state index contributed by atoms with van der Waals surface area (Å²) in [6.07, 6.45) is 0.00952. The van der Waals surface area contributed by atoms with Gasteiger partial charge in [0, 0.05) is 32.6 Å². The summed E-state index contributed by atoms with van der Waals surface area (Å²) in [6.45, 7) is 3.05. The molecule has 2 N–H and O–H groups in total. The number of carboxylic acid groups (broad SMARTS) is 1. The van der Waals surface area contributed by atoms with Crippen molar-refractivity contribution in [2.45, 2.75) is 25.5 Å². The number of aliphatic carboxylic acids is 1. The minimum Gasteiger partial charge on any atom is -0.481 e. The molecule has 0 bridgehead atoms. The number of ether oxygens (including phenoxy) is 1. The Morgan fingerprint density at radius 1 is 1.32 bits per heavy atom. The van der Waals surface area contributed by atoms with E-state index in [-0.39, 0.29) is 12.3 Å². The summed E-state index contributed by atoms with van der Waals surface area (Å²) in [5.74, 6) is -1.01. The fourth-order valence-electron chi connectivity index (χ4n) is 2.41. The van der Waals surface area contributed by atoms with E-state index in [9.17, 15) is 9.59 Å². The van der Waals surface area contributed by atoms with Crippen LogP contribution in [-0.2, 0) is 20.9 Å². The zero-order valence-corrected chi connectivity index (χ0v) is 12.5. The second-order valence-electron chi connectivity index (χ2n) is 5.37. The molecular formula is C16H22N2O4. The van der Waals surface area contributed by atoms with Crippen molar-refractivity contribution in [1.29, 1.82) is 0 Å². The first-order chi connectivity index (χ1) is 10.6. The summed E-state index contributed by atoms with van der Waals surface area (Å²) >= 11 is 0. The lowest BCUT2D eigenvalue weighted by atomic mass is 10.2. The molecule has 1 unspecified atom stereocenters. The second-order valence-corrected chi connectivity index (χ2v) is 5.37. The Labute approximate surface area is 130 Å². The van der Waals surface area contributed by atoms with Crippen molar-refractivity contribution < 1.29 is 19.4 Å². The van der Waals surface area contributed by atoms with E-state index in [0.717, 1.165) is 13.1 Å². The van der Waals surface area contributed by atoms with Gasteiger partial charge in [-0.2, -0.15) is 0 Å². The van der Waals surface area contributed by atoms with E-state index in [1.54, 1.807) is 0 Å². The molecule has 1 fully saturated rings. The fraction of sp³-hybridized carbons (Fsp3) is 0.500. The minimum atomic E-state index is -0.850. The summed E-state index contributed by atoms with van der Waals surface area (Å²) in [6, 6.07) is 10.1. The van der Waals surface area contributed by atoms with Crippen molar-refractivity contribution in [2.24, 2.45) is 0 Å². The van der Waals surface area contributed by atoms with Crippen molar-refractivity contribution in [3.05, 3.63) is 35.9 Å². The lowest BCUT2D eigenvalue weighted by Gasteiger charge is -2.32. The molecular weight excluding hydrogens is 284 g/mol. The number of nitrogens with zero attached hydrogens (tertiary/aromatic N) is 1. The highest BCUT2D eigenvalue weighted by Gasteiger charge is 2.26. The number of hydrogen-bond acceptors (Lipinski definition) is 4. The van der Waals surface area contributed by atoms with Crippen LogP contribution in [0.4, 0.5) is 0 Å². The number of carboxylic acids is 1. The van der Waals surface area contributed by atoms with Crippen LogP contribution < -0.4 is 5.32 Å². The van der Waals surface area contributed by atoms with Gasteiger partial charge in [-0.15, -0.1) is 0 Å². The smallest absolute Gasteiger partial charge is 0.303 e. The van der Waals surface area contributed by atoms with Crippen LogP contribution in [0.3, 0.4) is 0 Å². The average Bonchev–Trinajstić information content (AvgIpc) is 2.52. The molecule has 1 aromatic carbocycles. The maximum atomic E-state index is 12.0.